The van der Waals surface area contributed by atoms with E-state index in [0.717, 1.165) is 36.9 Å². The highest BCUT2D eigenvalue weighted by atomic mass is 19.1. The smallest absolute Gasteiger partial charge is 0.128 e. The van der Waals surface area contributed by atoms with Crippen molar-refractivity contribution in [2.24, 2.45) is 0 Å². The minimum absolute atomic E-state index is 0.0912. The summed E-state index contributed by atoms with van der Waals surface area (Å²) < 4.78 is 13.9. The fourth-order valence-electron chi connectivity index (χ4n) is 1.89. The monoisotopic (exact) mass is 235 g/mol. The van der Waals surface area contributed by atoms with E-state index in [0.29, 0.717) is 0 Å². The van der Waals surface area contributed by atoms with Crippen molar-refractivity contribution in [3.8, 4) is 0 Å². The van der Waals surface area contributed by atoms with Gasteiger partial charge in [-0.15, -0.1) is 6.58 Å². The Labute approximate surface area is 104 Å². The van der Waals surface area contributed by atoms with Crippen LogP contribution in [0.4, 0.5) is 4.39 Å². The van der Waals surface area contributed by atoms with Gasteiger partial charge in [-0.1, -0.05) is 25.1 Å². The van der Waals surface area contributed by atoms with Crippen molar-refractivity contribution in [1.29, 1.82) is 0 Å². The van der Waals surface area contributed by atoms with Crippen LogP contribution in [0.1, 0.15) is 43.4 Å². The lowest BCUT2D eigenvalue weighted by Crippen LogP contribution is -2.23. The zero-order chi connectivity index (χ0) is 12.7. The van der Waals surface area contributed by atoms with Crippen LogP contribution < -0.4 is 5.32 Å². The first-order chi connectivity index (χ1) is 8.19. The average molecular weight is 235 g/mol. The van der Waals surface area contributed by atoms with Crippen LogP contribution in [0.25, 0.3) is 0 Å². The van der Waals surface area contributed by atoms with Crippen LogP contribution in [-0.4, -0.2) is 6.54 Å². The van der Waals surface area contributed by atoms with E-state index in [1.165, 1.54) is 0 Å². The van der Waals surface area contributed by atoms with E-state index >= 15 is 0 Å². The van der Waals surface area contributed by atoms with E-state index in [4.69, 9.17) is 0 Å². The van der Waals surface area contributed by atoms with Crippen molar-refractivity contribution in [2.75, 3.05) is 6.54 Å². The molecule has 0 spiro atoms. The minimum Gasteiger partial charge on any atom is -0.310 e. The number of rotatable bonds is 7. The Kier molecular flexibility index (Phi) is 5.92. The maximum atomic E-state index is 13.9. The molecule has 0 amide bonds. The van der Waals surface area contributed by atoms with Crippen molar-refractivity contribution in [3.05, 3.63) is 47.8 Å². The predicted octanol–water partition coefficient (Wildman–Crippen LogP) is 4.14. The lowest BCUT2D eigenvalue weighted by atomic mass is 10.00. The van der Waals surface area contributed by atoms with Gasteiger partial charge in [-0.3, -0.25) is 0 Å². The maximum Gasteiger partial charge on any atom is 0.128 e. The van der Waals surface area contributed by atoms with E-state index in [1.54, 1.807) is 6.07 Å². The average Bonchev–Trinajstić information content (AvgIpc) is 2.30. The molecule has 1 unspecified atom stereocenters. The van der Waals surface area contributed by atoms with Gasteiger partial charge in [0, 0.05) is 11.6 Å². The van der Waals surface area contributed by atoms with Crippen molar-refractivity contribution in [2.45, 2.75) is 39.2 Å². The van der Waals surface area contributed by atoms with Gasteiger partial charge >= 0.3 is 0 Å². The van der Waals surface area contributed by atoms with Crippen molar-refractivity contribution in [3.63, 3.8) is 0 Å². The van der Waals surface area contributed by atoms with Gasteiger partial charge in [0.2, 0.25) is 0 Å². The van der Waals surface area contributed by atoms with Crippen LogP contribution >= 0.6 is 0 Å². The number of halogens is 1. The van der Waals surface area contributed by atoms with Crippen LogP contribution in [0.5, 0.6) is 0 Å². The van der Waals surface area contributed by atoms with Crippen LogP contribution in [0.15, 0.2) is 30.9 Å². The van der Waals surface area contributed by atoms with Gasteiger partial charge in [0.1, 0.15) is 5.82 Å². The van der Waals surface area contributed by atoms with Crippen LogP contribution in [-0.2, 0) is 0 Å². The molecule has 0 saturated carbocycles. The molecule has 0 aliphatic rings. The highest BCUT2D eigenvalue weighted by Gasteiger charge is 2.14. The molecule has 0 fully saturated rings. The fourth-order valence-corrected chi connectivity index (χ4v) is 1.89. The summed E-state index contributed by atoms with van der Waals surface area (Å²) in [7, 11) is 0. The second kappa shape index (κ2) is 7.23. The van der Waals surface area contributed by atoms with Crippen LogP contribution in [0, 0.1) is 12.7 Å². The van der Waals surface area contributed by atoms with E-state index in [2.05, 4.69) is 18.8 Å². The molecule has 0 aromatic heterocycles. The molecule has 1 atom stereocenters. The first kappa shape index (κ1) is 13.9. The molecule has 0 radical (unpaired) electrons. The van der Waals surface area contributed by atoms with Crippen molar-refractivity contribution in [1.82, 2.24) is 5.32 Å². The molecule has 1 aromatic rings. The van der Waals surface area contributed by atoms with Gasteiger partial charge < -0.3 is 5.32 Å². The van der Waals surface area contributed by atoms with Gasteiger partial charge in [0.15, 0.2) is 0 Å². The number of nitrogens with one attached hydrogen (secondary N) is 1. The molecule has 0 heterocycles. The van der Waals surface area contributed by atoms with Gasteiger partial charge in [-0.05, 0) is 44.4 Å². The summed E-state index contributed by atoms with van der Waals surface area (Å²) in [6, 6.07) is 5.55. The predicted molar refractivity (Wildman–Crippen MR) is 71.6 cm³/mol. The van der Waals surface area contributed by atoms with Gasteiger partial charge in [0.25, 0.3) is 0 Å². The molecule has 1 nitrogen and oxygen atoms in total. The van der Waals surface area contributed by atoms with E-state index in [9.17, 15) is 4.39 Å². The van der Waals surface area contributed by atoms with E-state index in [1.807, 2.05) is 25.1 Å². The molecule has 1 rings (SSSR count). The Balaban J connectivity index is 2.82. The normalized spacial score (nSPS) is 12.4. The summed E-state index contributed by atoms with van der Waals surface area (Å²) in [6.45, 7) is 8.66. The molecule has 94 valence electrons. The molecular weight excluding hydrogens is 213 g/mol. The first-order valence-electron chi connectivity index (χ1n) is 6.29. The zero-order valence-corrected chi connectivity index (χ0v) is 10.8. The summed E-state index contributed by atoms with van der Waals surface area (Å²) in [4.78, 5) is 0. The van der Waals surface area contributed by atoms with E-state index < -0.39 is 0 Å². The second-order valence-electron chi connectivity index (χ2n) is 4.40. The quantitative estimate of drug-likeness (QED) is 0.700. The Morgan fingerprint density at radius 1 is 1.47 bits per heavy atom. The Bertz CT molecular complexity index is 360. The lowest BCUT2D eigenvalue weighted by molar-refractivity contribution is 0.476. The highest BCUT2D eigenvalue weighted by Crippen LogP contribution is 2.22. The molecule has 1 N–H and O–H groups in total. The Hall–Kier alpha value is -1.15. The molecule has 0 aliphatic carbocycles. The van der Waals surface area contributed by atoms with Crippen molar-refractivity contribution < 1.29 is 4.39 Å². The zero-order valence-electron chi connectivity index (χ0n) is 10.8. The van der Waals surface area contributed by atoms with Crippen LogP contribution in [0.2, 0.25) is 0 Å². The van der Waals surface area contributed by atoms with Crippen molar-refractivity contribution >= 4 is 0 Å². The lowest BCUT2D eigenvalue weighted by Gasteiger charge is -2.19. The fraction of sp³-hybridized carbons (Fsp3) is 0.467. The van der Waals surface area contributed by atoms with E-state index in [-0.39, 0.29) is 11.9 Å². The summed E-state index contributed by atoms with van der Waals surface area (Å²) in [5.74, 6) is -0.109. The summed E-state index contributed by atoms with van der Waals surface area (Å²) in [5.41, 5.74) is 1.73. The first-order valence-corrected chi connectivity index (χ1v) is 6.29. The SMILES string of the molecule is C=CCCC(NCCC)c1ccc(C)cc1F. The molecule has 0 saturated heterocycles. The summed E-state index contributed by atoms with van der Waals surface area (Å²) in [5, 5.41) is 3.39. The number of aryl methyl sites for hydroxylation is 1. The third-order valence-corrected chi connectivity index (χ3v) is 2.83. The topological polar surface area (TPSA) is 12.0 Å². The number of benzene rings is 1. The Morgan fingerprint density at radius 2 is 2.24 bits per heavy atom. The van der Waals surface area contributed by atoms with Gasteiger partial charge in [0.05, 0.1) is 0 Å². The third-order valence-electron chi connectivity index (χ3n) is 2.83. The maximum absolute atomic E-state index is 13.9. The number of hydrogen-bond donors (Lipinski definition) is 1. The molecule has 0 bridgehead atoms. The van der Waals surface area contributed by atoms with Gasteiger partial charge in [-0.25, -0.2) is 4.39 Å². The summed E-state index contributed by atoms with van der Waals surface area (Å²) in [6.07, 6.45) is 4.73. The molecule has 2 heteroatoms. The summed E-state index contributed by atoms with van der Waals surface area (Å²) >= 11 is 0. The molecular formula is C15H22FN. The van der Waals surface area contributed by atoms with Crippen LogP contribution in [0.3, 0.4) is 0 Å². The Morgan fingerprint density at radius 3 is 2.82 bits per heavy atom. The molecule has 17 heavy (non-hydrogen) atoms. The van der Waals surface area contributed by atoms with Gasteiger partial charge in [-0.2, -0.15) is 0 Å². The second-order valence-corrected chi connectivity index (χ2v) is 4.40. The highest BCUT2D eigenvalue weighted by molar-refractivity contribution is 5.26. The number of hydrogen-bond acceptors (Lipinski definition) is 1. The molecule has 1 aromatic carbocycles. The minimum atomic E-state index is -0.109. The molecule has 0 aliphatic heterocycles. The number of allylic oxidation sites excluding steroid dienone is 1. The largest absolute Gasteiger partial charge is 0.310 e. The third kappa shape index (κ3) is 4.31. The standard InChI is InChI=1S/C15H22FN/c1-4-6-7-15(17-10-5-2)13-9-8-12(3)11-14(13)16/h4,8-9,11,15,17H,1,5-7,10H2,2-3H3.